The van der Waals surface area contributed by atoms with Crippen LogP contribution in [0.15, 0.2) is 65.6 Å². The summed E-state index contributed by atoms with van der Waals surface area (Å²) in [6, 6.07) is 18.1. The Balaban J connectivity index is 0.00000176. The molecule has 0 saturated heterocycles. The number of nitrogens with one attached hydrogen (secondary N) is 2. The van der Waals surface area contributed by atoms with Crippen LogP contribution in [0.25, 0.3) is 10.8 Å². The van der Waals surface area contributed by atoms with E-state index in [1.165, 1.54) is 5.56 Å². The van der Waals surface area contributed by atoms with Gasteiger partial charge in [-0.2, -0.15) is 0 Å². The highest BCUT2D eigenvalue weighted by atomic mass is 35.5. The third-order valence-corrected chi connectivity index (χ3v) is 3.69. The maximum absolute atomic E-state index is 12.0. The highest BCUT2D eigenvalue weighted by Gasteiger charge is 2.16. The van der Waals surface area contributed by atoms with Gasteiger partial charge in [-0.3, -0.25) is 4.79 Å². The quantitative estimate of drug-likeness (QED) is 0.772. The summed E-state index contributed by atoms with van der Waals surface area (Å²) in [4.78, 5) is 14.8. The molecule has 2 aromatic carbocycles. The Bertz CT molecular complexity index is 799. The molecule has 114 valence electrons. The fourth-order valence-electron chi connectivity index (χ4n) is 2.73. The molecule has 0 aliphatic carbocycles. The lowest BCUT2D eigenvalue weighted by Crippen LogP contribution is -2.23. The van der Waals surface area contributed by atoms with E-state index in [1.807, 2.05) is 48.7 Å². The van der Waals surface area contributed by atoms with E-state index in [0.717, 1.165) is 22.9 Å². The average Bonchev–Trinajstić information content (AvgIpc) is 2.55. The van der Waals surface area contributed by atoms with Gasteiger partial charge in [0, 0.05) is 11.6 Å². The van der Waals surface area contributed by atoms with E-state index in [-0.39, 0.29) is 24.0 Å². The molecule has 0 aliphatic heterocycles. The van der Waals surface area contributed by atoms with Crippen molar-refractivity contribution in [2.75, 3.05) is 6.54 Å². The molecule has 0 bridgehead atoms. The van der Waals surface area contributed by atoms with Crippen LogP contribution in [0.5, 0.6) is 0 Å². The second kappa shape index (κ2) is 7.25. The standard InChI is InChI=1S/C18H18N2O.ClH/c1-2-19-17(13-8-4-3-5-9-13)16-12-20-18(21)15-11-7-6-10-14(15)16;/h3-12,17,19H,2H2,1H3,(H,20,21);1H. The summed E-state index contributed by atoms with van der Waals surface area (Å²) in [5.41, 5.74) is 2.24. The predicted molar refractivity (Wildman–Crippen MR) is 93.8 cm³/mol. The summed E-state index contributed by atoms with van der Waals surface area (Å²) >= 11 is 0. The molecular formula is C18H19ClN2O. The number of hydrogen-bond acceptors (Lipinski definition) is 2. The molecule has 0 radical (unpaired) electrons. The summed E-state index contributed by atoms with van der Waals surface area (Å²) in [7, 11) is 0. The number of aromatic nitrogens is 1. The van der Waals surface area contributed by atoms with E-state index in [1.54, 1.807) is 0 Å². The van der Waals surface area contributed by atoms with Gasteiger partial charge in [0.15, 0.2) is 0 Å². The molecule has 3 rings (SSSR count). The molecule has 2 N–H and O–H groups in total. The van der Waals surface area contributed by atoms with E-state index >= 15 is 0 Å². The molecule has 3 aromatic rings. The molecule has 1 unspecified atom stereocenters. The van der Waals surface area contributed by atoms with Gasteiger partial charge in [-0.1, -0.05) is 55.5 Å². The minimum atomic E-state index is -0.0438. The Hall–Kier alpha value is -2.10. The first kappa shape index (κ1) is 16.3. The van der Waals surface area contributed by atoms with Crippen molar-refractivity contribution in [3.05, 3.63) is 82.3 Å². The lowest BCUT2D eigenvalue weighted by Gasteiger charge is -2.20. The summed E-state index contributed by atoms with van der Waals surface area (Å²) < 4.78 is 0. The number of hydrogen-bond donors (Lipinski definition) is 2. The number of fused-ring (bicyclic) bond motifs is 1. The van der Waals surface area contributed by atoms with Gasteiger partial charge in [0.25, 0.3) is 5.56 Å². The fraction of sp³-hybridized carbons (Fsp3) is 0.167. The molecule has 0 saturated carbocycles. The molecule has 22 heavy (non-hydrogen) atoms. The van der Waals surface area contributed by atoms with Crippen LogP contribution in [-0.2, 0) is 0 Å². The van der Waals surface area contributed by atoms with Crippen molar-refractivity contribution in [1.82, 2.24) is 10.3 Å². The number of rotatable bonds is 4. The highest BCUT2D eigenvalue weighted by molar-refractivity contribution is 5.85. The van der Waals surface area contributed by atoms with Crippen molar-refractivity contribution in [2.45, 2.75) is 13.0 Å². The second-order valence-corrected chi connectivity index (χ2v) is 5.02. The number of pyridine rings is 1. The van der Waals surface area contributed by atoms with Crippen LogP contribution < -0.4 is 10.9 Å². The van der Waals surface area contributed by atoms with Crippen molar-refractivity contribution in [1.29, 1.82) is 0 Å². The van der Waals surface area contributed by atoms with Crippen LogP contribution in [0.4, 0.5) is 0 Å². The summed E-state index contributed by atoms with van der Waals surface area (Å²) in [6.45, 7) is 2.94. The van der Waals surface area contributed by atoms with E-state index in [9.17, 15) is 4.79 Å². The van der Waals surface area contributed by atoms with Gasteiger partial charge in [-0.05, 0) is 29.1 Å². The SMILES string of the molecule is CCNC(c1ccccc1)c1c[nH]c(=O)c2ccccc12.Cl. The van der Waals surface area contributed by atoms with Crippen molar-refractivity contribution >= 4 is 23.2 Å². The monoisotopic (exact) mass is 314 g/mol. The predicted octanol–water partition coefficient (Wildman–Crippen LogP) is 3.65. The van der Waals surface area contributed by atoms with Gasteiger partial charge in [0.2, 0.25) is 0 Å². The van der Waals surface area contributed by atoms with Crippen LogP contribution in [0.1, 0.15) is 24.1 Å². The van der Waals surface area contributed by atoms with Crippen molar-refractivity contribution in [3.8, 4) is 0 Å². The molecule has 1 aromatic heterocycles. The van der Waals surface area contributed by atoms with Crippen LogP contribution >= 0.6 is 12.4 Å². The molecule has 3 nitrogen and oxygen atoms in total. The summed E-state index contributed by atoms with van der Waals surface area (Å²) in [6.07, 6.45) is 1.82. The molecule has 0 fully saturated rings. The van der Waals surface area contributed by atoms with E-state index in [2.05, 4.69) is 29.4 Å². The zero-order chi connectivity index (χ0) is 14.7. The normalized spacial score (nSPS) is 11.9. The van der Waals surface area contributed by atoms with E-state index < -0.39 is 0 Å². The number of halogens is 1. The third kappa shape index (κ3) is 3.06. The van der Waals surface area contributed by atoms with E-state index in [4.69, 9.17) is 0 Å². The van der Waals surface area contributed by atoms with Gasteiger partial charge in [-0.25, -0.2) is 0 Å². The third-order valence-electron chi connectivity index (χ3n) is 3.69. The average molecular weight is 315 g/mol. The lowest BCUT2D eigenvalue weighted by atomic mass is 9.95. The zero-order valence-electron chi connectivity index (χ0n) is 12.4. The smallest absolute Gasteiger partial charge is 0.255 e. The second-order valence-electron chi connectivity index (χ2n) is 5.02. The first-order chi connectivity index (χ1) is 10.3. The summed E-state index contributed by atoms with van der Waals surface area (Å²) in [5.74, 6) is 0. The Morgan fingerprint density at radius 3 is 2.32 bits per heavy atom. The van der Waals surface area contributed by atoms with E-state index in [0.29, 0.717) is 0 Å². The van der Waals surface area contributed by atoms with Crippen molar-refractivity contribution in [2.24, 2.45) is 0 Å². The van der Waals surface area contributed by atoms with Gasteiger partial charge in [0.1, 0.15) is 0 Å². The van der Waals surface area contributed by atoms with Crippen LogP contribution in [0.2, 0.25) is 0 Å². The molecule has 1 atom stereocenters. The topological polar surface area (TPSA) is 44.9 Å². The fourth-order valence-corrected chi connectivity index (χ4v) is 2.73. The number of benzene rings is 2. The van der Waals surface area contributed by atoms with Gasteiger partial charge in [-0.15, -0.1) is 12.4 Å². The Morgan fingerprint density at radius 1 is 1.00 bits per heavy atom. The van der Waals surface area contributed by atoms with Gasteiger partial charge < -0.3 is 10.3 Å². The molecule has 0 aliphatic rings. The highest BCUT2D eigenvalue weighted by Crippen LogP contribution is 2.26. The molecule has 4 heteroatoms. The molecule has 0 spiro atoms. The molecular weight excluding hydrogens is 296 g/mol. The minimum Gasteiger partial charge on any atom is -0.328 e. The zero-order valence-corrected chi connectivity index (χ0v) is 13.2. The van der Waals surface area contributed by atoms with Crippen molar-refractivity contribution < 1.29 is 0 Å². The largest absolute Gasteiger partial charge is 0.328 e. The minimum absolute atomic E-state index is 0. The maximum atomic E-state index is 12.0. The number of aromatic amines is 1. The van der Waals surface area contributed by atoms with Gasteiger partial charge in [0.05, 0.1) is 6.04 Å². The Labute approximate surface area is 135 Å². The maximum Gasteiger partial charge on any atom is 0.255 e. The van der Waals surface area contributed by atoms with Crippen LogP contribution in [-0.4, -0.2) is 11.5 Å². The Kier molecular flexibility index (Phi) is 5.36. The van der Waals surface area contributed by atoms with Crippen molar-refractivity contribution in [3.63, 3.8) is 0 Å². The Morgan fingerprint density at radius 2 is 1.64 bits per heavy atom. The summed E-state index contributed by atoms with van der Waals surface area (Å²) in [5, 5.41) is 5.23. The number of H-pyrrole nitrogens is 1. The van der Waals surface area contributed by atoms with Crippen LogP contribution in [0.3, 0.4) is 0 Å². The first-order valence-corrected chi connectivity index (χ1v) is 7.20. The van der Waals surface area contributed by atoms with Crippen LogP contribution in [0, 0.1) is 0 Å². The molecule has 0 amide bonds. The first-order valence-electron chi connectivity index (χ1n) is 7.20. The lowest BCUT2D eigenvalue weighted by molar-refractivity contribution is 0.632. The van der Waals surface area contributed by atoms with Gasteiger partial charge >= 0.3 is 0 Å². The molecule has 1 heterocycles.